The van der Waals surface area contributed by atoms with Gasteiger partial charge in [-0.05, 0) is 70.1 Å². The lowest BCUT2D eigenvalue weighted by atomic mass is 9.95. The third-order valence-electron chi connectivity index (χ3n) is 11.4. The van der Waals surface area contributed by atoms with Gasteiger partial charge in [0.1, 0.15) is 0 Å². The fourth-order valence-electron chi connectivity index (χ4n) is 9.26. The van der Waals surface area contributed by atoms with Crippen molar-refractivity contribution in [2.45, 2.75) is 0 Å². The average Bonchev–Trinajstić information content (AvgIpc) is 3.76. The molecule has 0 amide bonds. The van der Waals surface area contributed by atoms with Crippen molar-refractivity contribution in [2.24, 2.45) is 0 Å². The van der Waals surface area contributed by atoms with Gasteiger partial charge >= 0.3 is 0 Å². The molecule has 0 unspecified atom stereocenters. The highest BCUT2D eigenvalue weighted by Crippen LogP contribution is 2.55. The van der Waals surface area contributed by atoms with Crippen LogP contribution in [-0.2, 0) is 0 Å². The van der Waals surface area contributed by atoms with Crippen molar-refractivity contribution in [1.82, 2.24) is 9.13 Å². The molecule has 12 rings (SSSR count). The average molecular weight is 674 g/mol. The molecule has 53 heavy (non-hydrogen) atoms. The second-order valence-electron chi connectivity index (χ2n) is 14.1. The highest BCUT2D eigenvalue weighted by Gasteiger charge is 2.32. The van der Waals surface area contributed by atoms with Gasteiger partial charge in [0, 0.05) is 44.0 Å². The Morgan fingerprint density at radius 1 is 0.302 bits per heavy atom. The van der Waals surface area contributed by atoms with Crippen molar-refractivity contribution in [1.29, 1.82) is 0 Å². The highest BCUT2D eigenvalue weighted by molar-refractivity contribution is 6.28. The summed E-state index contributed by atoms with van der Waals surface area (Å²) in [5.74, 6) is 0. The van der Waals surface area contributed by atoms with Crippen molar-refractivity contribution in [3.05, 3.63) is 188 Å². The zero-order valence-corrected chi connectivity index (χ0v) is 28.7. The summed E-state index contributed by atoms with van der Waals surface area (Å²) in [6.07, 6.45) is 0. The molecule has 246 valence electrons. The maximum Gasteiger partial charge on any atom is 0.0789 e. The Morgan fingerprint density at radius 2 is 0.849 bits per heavy atom. The lowest BCUT2D eigenvalue weighted by Crippen LogP contribution is -2.19. The van der Waals surface area contributed by atoms with E-state index >= 15 is 0 Å². The standard InChI is InChI=1S/C50H31N3/c1-3-16-34(17-4-1)51-42-24-11-12-25-43(42)53-45-31-27-33-15-8-10-21-37(33)47(45)41-29-28-39(49(51)50(41)53)38-22-13-23-40-46-36-20-9-7-14-32(36)26-30-44(46)52(48(38)40)35-18-5-2-6-19-35/h1-31H. The van der Waals surface area contributed by atoms with Crippen LogP contribution in [0.1, 0.15) is 0 Å². The number of para-hydroxylation sites is 5. The van der Waals surface area contributed by atoms with Crippen LogP contribution < -0.4 is 4.90 Å². The third kappa shape index (κ3) is 3.83. The van der Waals surface area contributed by atoms with Crippen LogP contribution in [0.5, 0.6) is 0 Å². The monoisotopic (exact) mass is 673 g/mol. The highest BCUT2D eigenvalue weighted by atomic mass is 15.2. The molecule has 3 heteroatoms. The van der Waals surface area contributed by atoms with Gasteiger partial charge in [-0.15, -0.1) is 0 Å². The van der Waals surface area contributed by atoms with E-state index in [0.29, 0.717) is 0 Å². The van der Waals surface area contributed by atoms with Crippen molar-refractivity contribution in [3.63, 3.8) is 0 Å². The molecule has 3 heterocycles. The van der Waals surface area contributed by atoms with E-state index in [1.165, 1.54) is 87.7 Å². The van der Waals surface area contributed by atoms with Crippen LogP contribution in [0.15, 0.2) is 188 Å². The molecule has 0 radical (unpaired) electrons. The fourth-order valence-corrected chi connectivity index (χ4v) is 9.26. The molecule has 0 fully saturated rings. The molecule has 0 N–H and O–H groups in total. The number of fused-ring (bicyclic) bond motifs is 12. The molecule has 0 saturated carbocycles. The SMILES string of the molecule is c1ccc(N2c3ccccc3-n3c4ccc5ccccc5c4c4ccc(-c5cccc6c7c8ccccc8ccc7n(-c7ccccc7)c56)c2c43)cc1. The summed E-state index contributed by atoms with van der Waals surface area (Å²) in [6.45, 7) is 0. The van der Waals surface area contributed by atoms with Gasteiger partial charge in [0.15, 0.2) is 0 Å². The lowest BCUT2D eigenvalue weighted by Gasteiger charge is -2.35. The first-order valence-electron chi connectivity index (χ1n) is 18.3. The molecule has 2 aromatic heterocycles. The second kappa shape index (κ2) is 10.7. The zero-order chi connectivity index (χ0) is 34.6. The lowest BCUT2D eigenvalue weighted by molar-refractivity contribution is 1.11. The zero-order valence-electron chi connectivity index (χ0n) is 28.7. The maximum absolute atomic E-state index is 2.52. The summed E-state index contributed by atoms with van der Waals surface area (Å²) in [7, 11) is 0. The van der Waals surface area contributed by atoms with E-state index in [1.54, 1.807) is 0 Å². The molecule has 3 nitrogen and oxygen atoms in total. The summed E-state index contributed by atoms with van der Waals surface area (Å²) in [5, 5.41) is 10.1. The van der Waals surface area contributed by atoms with Gasteiger partial charge in [0.05, 0.1) is 39.1 Å². The summed E-state index contributed by atoms with van der Waals surface area (Å²) in [4.78, 5) is 2.50. The van der Waals surface area contributed by atoms with Crippen LogP contribution in [0.2, 0.25) is 0 Å². The summed E-state index contributed by atoms with van der Waals surface area (Å²) in [5.41, 5.74) is 13.1. The second-order valence-corrected chi connectivity index (χ2v) is 14.1. The Morgan fingerprint density at radius 3 is 1.55 bits per heavy atom. The summed E-state index contributed by atoms with van der Waals surface area (Å²) < 4.78 is 5.00. The van der Waals surface area contributed by atoms with Crippen LogP contribution in [0.4, 0.5) is 17.1 Å². The summed E-state index contributed by atoms with van der Waals surface area (Å²) >= 11 is 0. The van der Waals surface area contributed by atoms with E-state index in [9.17, 15) is 0 Å². The minimum atomic E-state index is 1.14. The van der Waals surface area contributed by atoms with E-state index < -0.39 is 0 Å². The molecular formula is C50H31N3. The maximum atomic E-state index is 2.52. The van der Waals surface area contributed by atoms with Gasteiger partial charge < -0.3 is 14.0 Å². The van der Waals surface area contributed by atoms with E-state index in [-0.39, 0.29) is 0 Å². The number of rotatable bonds is 3. The van der Waals surface area contributed by atoms with Crippen LogP contribution >= 0.6 is 0 Å². The smallest absolute Gasteiger partial charge is 0.0789 e. The molecule has 0 saturated heterocycles. The Labute approximate surface area is 305 Å². The van der Waals surface area contributed by atoms with E-state index in [2.05, 4.69) is 202 Å². The van der Waals surface area contributed by atoms with Crippen LogP contribution in [0, 0.1) is 0 Å². The summed E-state index contributed by atoms with van der Waals surface area (Å²) in [6, 6.07) is 69.0. The van der Waals surface area contributed by atoms with E-state index in [4.69, 9.17) is 0 Å². The number of aromatic nitrogens is 2. The van der Waals surface area contributed by atoms with Gasteiger partial charge in [-0.1, -0.05) is 140 Å². The van der Waals surface area contributed by atoms with Gasteiger partial charge in [0.2, 0.25) is 0 Å². The number of anilines is 3. The van der Waals surface area contributed by atoms with Crippen LogP contribution in [0.25, 0.3) is 87.7 Å². The number of nitrogens with zero attached hydrogens (tertiary/aromatic N) is 3. The number of hydrogen-bond donors (Lipinski definition) is 0. The predicted molar refractivity (Wildman–Crippen MR) is 224 cm³/mol. The predicted octanol–water partition coefficient (Wildman–Crippen LogP) is 13.6. The third-order valence-corrected chi connectivity index (χ3v) is 11.4. The van der Waals surface area contributed by atoms with Gasteiger partial charge in [-0.3, -0.25) is 0 Å². The normalized spacial score (nSPS) is 12.5. The van der Waals surface area contributed by atoms with Gasteiger partial charge in [-0.2, -0.15) is 0 Å². The fraction of sp³-hybridized carbons (Fsp3) is 0. The molecule has 0 bridgehead atoms. The van der Waals surface area contributed by atoms with Crippen LogP contribution in [0.3, 0.4) is 0 Å². The Bertz CT molecular complexity index is 3280. The van der Waals surface area contributed by atoms with Crippen molar-refractivity contribution < 1.29 is 0 Å². The molecule has 0 atom stereocenters. The molecule has 1 aliphatic heterocycles. The van der Waals surface area contributed by atoms with E-state index in [0.717, 1.165) is 17.1 Å². The van der Waals surface area contributed by atoms with Crippen molar-refractivity contribution in [2.75, 3.05) is 4.90 Å². The van der Waals surface area contributed by atoms with Gasteiger partial charge in [-0.25, -0.2) is 0 Å². The van der Waals surface area contributed by atoms with E-state index in [1.807, 2.05) is 0 Å². The minimum absolute atomic E-state index is 1.14. The number of hydrogen-bond acceptors (Lipinski definition) is 1. The van der Waals surface area contributed by atoms with Crippen molar-refractivity contribution in [3.8, 4) is 22.5 Å². The Hall–Kier alpha value is -7.10. The van der Waals surface area contributed by atoms with Crippen molar-refractivity contribution >= 4 is 82.2 Å². The van der Waals surface area contributed by atoms with Crippen LogP contribution in [-0.4, -0.2) is 9.13 Å². The van der Waals surface area contributed by atoms with Gasteiger partial charge in [0.25, 0.3) is 0 Å². The first-order valence-corrected chi connectivity index (χ1v) is 18.3. The number of benzene rings is 9. The first kappa shape index (κ1) is 28.6. The Kier molecular flexibility index (Phi) is 5.77. The molecular weight excluding hydrogens is 643 g/mol. The first-order chi connectivity index (χ1) is 26.3. The molecule has 9 aromatic carbocycles. The minimum Gasteiger partial charge on any atom is -0.309 e. The topological polar surface area (TPSA) is 13.1 Å². The Balaban J connectivity index is 1.30. The molecule has 1 aliphatic rings. The molecule has 0 aliphatic carbocycles. The molecule has 11 aromatic rings. The molecule has 0 spiro atoms. The quantitative estimate of drug-likeness (QED) is 0.182. The largest absolute Gasteiger partial charge is 0.309 e.